The van der Waals surface area contributed by atoms with Gasteiger partial charge >= 0.3 is 0 Å². The largest absolute Gasteiger partial charge is 0.497 e. The molecule has 1 atom stereocenters. The van der Waals surface area contributed by atoms with Gasteiger partial charge in [0.15, 0.2) is 0 Å². The molecule has 18 heavy (non-hydrogen) atoms. The van der Waals surface area contributed by atoms with Crippen LogP contribution in [0.3, 0.4) is 0 Å². The van der Waals surface area contributed by atoms with Gasteiger partial charge in [0.25, 0.3) is 0 Å². The number of nitrogens with one attached hydrogen (secondary N) is 1. The van der Waals surface area contributed by atoms with Gasteiger partial charge in [0.1, 0.15) is 5.75 Å². The summed E-state index contributed by atoms with van der Waals surface area (Å²) >= 11 is 0. The first-order valence-electron chi connectivity index (χ1n) is 6.84. The third-order valence-corrected chi connectivity index (χ3v) is 3.85. The third-order valence-electron chi connectivity index (χ3n) is 3.85. The third kappa shape index (κ3) is 3.47. The summed E-state index contributed by atoms with van der Waals surface area (Å²) in [6.45, 7) is 2.21. The number of rotatable bonds is 4. The Morgan fingerprint density at radius 2 is 2.00 bits per heavy atom. The highest BCUT2D eigenvalue weighted by Gasteiger charge is 2.20. The van der Waals surface area contributed by atoms with Crippen molar-refractivity contribution >= 4 is 0 Å². The van der Waals surface area contributed by atoms with Crippen LogP contribution in [-0.2, 0) is 0 Å². The summed E-state index contributed by atoms with van der Waals surface area (Å²) in [6, 6.07) is 9.65. The van der Waals surface area contributed by atoms with Gasteiger partial charge in [-0.3, -0.25) is 0 Å². The Labute approximate surface area is 110 Å². The van der Waals surface area contributed by atoms with E-state index in [9.17, 15) is 0 Å². The first-order chi connectivity index (χ1) is 8.69. The Bertz CT molecular complexity index is 373. The minimum Gasteiger partial charge on any atom is -0.497 e. The number of nitrogens with two attached hydrogens (primary N) is 1. The predicted octanol–water partition coefficient (Wildman–Crippen LogP) is 2.62. The van der Waals surface area contributed by atoms with Gasteiger partial charge in [0.05, 0.1) is 7.11 Å². The highest BCUT2D eigenvalue weighted by Crippen LogP contribution is 2.23. The standard InChI is InChI=1S/C15H24N2O/c1-11(12-4-3-5-15(10-12)18-2)17-14-8-6-13(16)7-9-14/h3-5,10-11,13-14,17H,6-9,16H2,1-2H3/t11-,13?,14?/m1/s1. The van der Waals surface area contributed by atoms with Crippen molar-refractivity contribution in [2.75, 3.05) is 7.11 Å². The number of hydrogen-bond donors (Lipinski definition) is 2. The average Bonchev–Trinajstić information content (AvgIpc) is 2.41. The van der Waals surface area contributed by atoms with Crippen LogP contribution in [0.25, 0.3) is 0 Å². The Morgan fingerprint density at radius 3 is 2.67 bits per heavy atom. The first kappa shape index (κ1) is 13.4. The molecular formula is C15H24N2O. The zero-order chi connectivity index (χ0) is 13.0. The molecule has 0 spiro atoms. The molecule has 1 aliphatic carbocycles. The number of benzene rings is 1. The van der Waals surface area contributed by atoms with Gasteiger partial charge in [0, 0.05) is 18.1 Å². The van der Waals surface area contributed by atoms with Crippen LogP contribution in [0.4, 0.5) is 0 Å². The number of ether oxygens (including phenoxy) is 1. The molecule has 0 radical (unpaired) electrons. The zero-order valence-electron chi connectivity index (χ0n) is 11.4. The molecule has 1 aliphatic rings. The molecule has 1 aromatic carbocycles. The molecule has 0 unspecified atom stereocenters. The molecule has 0 aliphatic heterocycles. The molecule has 0 bridgehead atoms. The molecular weight excluding hydrogens is 224 g/mol. The SMILES string of the molecule is COc1cccc([C@@H](C)NC2CCC(N)CC2)c1. The number of hydrogen-bond acceptors (Lipinski definition) is 3. The van der Waals surface area contributed by atoms with Crippen molar-refractivity contribution in [3.05, 3.63) is 29.8 Å². The maximum atomic E-state index is 5.93. The highest BCUT2D eigenvalue weighted by atomic mass is 16.5. The van der Waals surface area contributed by atoms with Crippen molar-refractivity contribution < 1.29 is 4.74 Å². The van der Waals surface area contributed by atoms with E-state index in [0.717, 1.165) is 18.6 Å². The highest BCUT2D eigenvalue weighted by molar-refractivity contribution is 5.30. The van der Waals surface area contributed by atoms with Gasteiger partial charge in [0.2, 0.25) is 0 Å². The van der Waals surface area contributed by atoms with E-state index < -0.39 is 0 Å². The lowest BCUT2D eigenvalue weighted by molar-refractivity contribution is 0.321. The fourth-order valence-electron chi connectivity index (χ4n) is 2.65. The fraction of sp³-hybridized carbons (Fsp3) is 0.600. The van der Waals surface area contributed by atoms with E-state index in [2.05, 4.69) is 24.4 Å². The molecule has 1 saturated carbocycles. The molecule has 2 rings (SSSR count). The lowest BCUT2D eigenvalue weighted by atomic mass is 9.91. The minimum absolute atomic E-state index is 0.361. The summed E-state index contributed by atoms with van der Waals surface area (Å²) in [5.74, 6) is 0.923. The molecule has 3 N–H and O–H groups in total. The van der Waals surface area contributed by atoms with Crippen LogP contribution in [-0.4, -0.2) is 19.2 Å². The molecule has 3 heteroatoms. The molecule has 0 heterocycles. The smallest absolute Gasteiger partial charge is 0.119 e. The second kappa shape index (κ2) is 6.21. The van der Waals surface area contributed by atoms with Crippen molar-refractivity contribution in [2.45, 2.75) is 50.7 Å². The van der Waals surface area contributed by atoms with Gasteiger partial charge in [-0.05, 0) is 50.3 Å². The van der Waals surface area contributed by atoms with Crippen molar-refractivity contribution in [1.29, 1.82) is 0 Å². The van der Waals surface area contributed by atoms with Crippen LogP contribution in [0.2, 0.25) is 0 Å². The second-order valence-electron chi connectivity index (χ2n) is 5.28. The maximum absolute atomic E-state index is 5.93. The van der Waals surface area contributed by atoms with Crippen LogP contribution in [0, 0.1) is 0 Å². The Morgan fingerprint density at radius 1 is 1.28 bits per heavy atom. The quantitative estimate of drug-likeness (QED) is 0.861. The fourth-order valence-corrected chi connectivity index (χ4v) is 2.65. The van der Waals surface area contributed by atoms with Crippen LogP contribution in [0.5, 0.6) is 5.75 Å². The first-order valence-corrected chi connectivity index (χ1v) is 6.84. The normalized spacial score (nSPS) is 25.7. The van der Waals surface area contributed by atoms with E-state index in [1.165, 1.54) is 18.4 Å². The number of methoxy groups -OCH3 is 1. The summed E-state index contributed by atoms with van der Waals surface area (Å²) in [5.41, 5.74) is 7.21. The van der Waals surface area contributed by atoms with E-state index in [1.807, 2.05) is 12.1 Å². The van der Waals surface area contributed by atoms with Crippen LogP contribution >= 0.6 is 0 Å². The lowest BCUT2D eigenvalue weighted by Crippen LogP contribution is -2.38. The van der Waals surface area contributed by atoms with Gasteiger partial charge in [-0.15, -0.1) is 0 Å². The van der Waals surface area contributed by atoms with Gasteiger partial charge in [-0.1, -0.05) is 12.1 Å². The van der Waals surface area contributed by atoms with Crippen LogP contribution in [0.1, 0.15) is 44.2 Å². The van der Waals surface area contributed by atoms with Gasteiger partial charge in [-0.25, -0.2) is 0 Å². The zero-order valence-corrected chi connectivity index (χ0v) is 11.4. The summed E-state index contributed by atoms with van der Waals surface area (Å²) in [5, 5.41) is 3.70. The molecule has 0 saturated heterocycles. The second-order valence-corrected chi connectivity index (χ2v) is 5.28. The summed E-state index contributed by atoms with van der Waals surface area (Å²) in [6.07, 6.45) is 4.66. The minimum atomic E-state index is 0.361. The predicted molar refractivity (Wildman–Crippen MR) is 74.8 cm³/mol. The van der Waals surface area contributed by atoms with E-state index in [-0.39, 0.29) is 0 Å². The topological polar surface area (TPSA) is 47.3 Å². The van der Waals surface area contributed by atoms with Crippen molar-refractivity contribution in [2.24, 2.45) is 5.73 Å². The Balaban J connectivity index is 1.92. The molecule has 0 aromatic heterocycles. The van der Waals surface area contributed by atoms with Crippen molar-refractivity contribution in [3.63, 3.8) is 0 Å². The molecule has 100 valence electrons. The maximum Gasteiger partial charge on any atom is 0.119 e. The summed E-state index contributed by atoms with van der Waals surface area (Å²) < 4.78 is 5.26. The van der Waals surface area contributed by atoms with E-state index in [0.29, 0.717) is 18.1 Å². The molecule has 1 fully saturated rings. The molecule has 0 amide bonds. The van der Waals surface area contributed by atoms with Crippen molar-refractivity contribution in [1.82, 2.24) is 5.32 Å². The summed E-state index contributed by atoms with van der Waals surface area (Å²) in [7, 11) is 1.71. The Hall–Kier alpha value is -1.06. The average molecular weight is 248 g/mol. The van der Waals surface area contributed by atoms with Gasteiger partial charge < -0.3 is 15.8 Å². The van der Waals surface area contributed by atoms with E-state index >= 15 is 0 Å². The van der Waals surface area contributed by atoms with Gasteiger partial charge in [-0.2, -0.15) is 0 Å². The van der Waals surface area contributed by atoms with E-state index in [4.69, 9.17) is 10.5 Å². The molecule has 3 nitrogen and oxygen atoms in total. The van der Waals surface area contributed by atoms with Crippen LogP contribution < -0.4 is 15.8 Å². The molecule has 1 aromatic rings. The van der Waals surface area contributed by atoms with Crippen molar-refractivity contribution in [3.8, 4) is 5.75 Å². The lowest BCUT2D eigenvalue weighted by Gasteiger charge is -2.29. The monoisotopic (exact) mass is 248 g/mol. The summed E-state index contributed by atoms with van der Waals surface area (Å²) in [4.78, 5) is 0. The van der Waals surface area contributed by atoms with Crippen LogP contribution in [0.15, 0.2) is 24.3 Å². The van der Waals surface area contributed by atoms with E-state index in [1.54, 1.807) is 7.11 Å². The Kier molecular flexibility index (Phi) is 4.61.